The summed E-state index contributed by atoms with van der Waals surface area (Å²) in [6.07, 6.45) is 0. The van der Waals surface area contributed by atoms with Gasteiger partial charge in [0.25, 0.3) is 5.69 Å². The Kier molecular flexibility index (Phi) is 5.70. The molecule has 1 atom stereocenters. The van der Waals surface area contributed by atoms with E-state index in [1.165, 1.54) is 36.9 Å². The number of ether oxygens (including phenoxy) is 1. The molecule has 2 aromatic carbocycles. The summed E-state index contributed by atoms with van der Waals surface area (Å²) in [6.45, 7) is 3.27. The number of methoxy groups -OCH3 is 1. The molecule has 2 aromatic rings. The van der Waals surface area contributed by atoms with E-state index >= 15 is 0 Å². The van der Waals surface area contributed by atoms with Crippen molar-refractivity contribution in [3.8, 4) is 0 Å². The Hall–Kier alpha value is -3.31. The van der Waals surface area contributed by atoms with Gasteiger partial charge in [-0.2, -0.15) is 5.10 Å². The molecule has 0 radical (unpaired) electrons. The fourth-order valence-corrected chi connectivity index (χ4v) is 6.51. The van der Waals surface area contributed by atoms with Crippen LogP contribution in [0.5, 0.6) is 0 Å². The number of hydrogen-bond acceptors (Lipinski definition) is 10. The average Bonchev–Trinajstić information content (AvgIpc) is 3.31. The zero-order valence-electron chi connectivity index (χ0n) is 17.3. The Morgan fingerprint density at radius 2 is 1.75 bits per heavy atom. The number of para-hydroxylation sites is 3. The molecule has 0 saturated carbocycles. The zero-order chi connectivity index (χ0) is 23.0. The van der Waals surface area contributed by atoms with E-state index in [-0.39, 0.29) is 22.2 Å². The highest BCUT2D eigenvalue weighted by Gasteiger charge is 2.58. The second kappa shape index (κ2) is 8.32. The van der Waals surface area contributed by atoms with Crippen LogP contribution in [0.2, 0.25) is 0 Å². The lowest BCUT2D eigenvalue weighted by atomic mass is 10.2. The van der Waals surface area contributed by atoms with E-state index in [1.54, 1.807) is 25.1 Å². The molecule has 4 rings (SSSR count). The summed E-state index contributed by atoms with van der Waals surface area (Å²) in [6, 6.07) is 15.4. The Morgan fingerprint density at radius 1 is 1.09 bits per heavy atom. The number of Topliss-reactive ketones (excluding diaryl/α,β-unsaturated/α-hetero) is 1. The van der Waals surface area contributed by atoms with Gasteiger partial charge in [-0.15, -0.1) is 0 Å². The van der Waals surface area contributed by atoms with Crippen LogP contribution < -0.4 is 9.91 Å². The number of esters is 1. The van der Waals surface area contributed by atoms with E-state index in [1.807, 2.05) is 35.2 Å². The van der Waals surface area contributed by atoms with Gasteiger partial charge in [0.15, 0.2) is 5.78 Å². The van der Waals surface area contributed by atoms with Gasteiger partial charge in [0, 0.05) is 17.5 Å². The summed E-state index contributed by atoms with van der Waals surface area (Å²) >= 11 is 2.27. The number of nitrogens with zero attached hydrogens (tertiary/aromatic N) is 4. The standard InChI is InChI=1S/C21H18N4O5S2/c1-13-18(14(2)26)31-21(23(13)15-9-5-4-6-10-15)24(22-19(32-21)20(27)30-3)16-11-7-8-12-17(16)25(28)29/h4-12H,1-3H3/t21-/m1/s1. The molecule has 0 fully saturated rings. The Bertz CT molecular complexity index is 1180. The predicted octanol–water partition coefficient (Wildman–Crippen LogP) is 4.32. The third-order valence-electron chi connectivity index (χ3n) is 4.87. The van der Waals surface area contributed by atoms with Crippen LogP contribution in [0.1, 0.15) is 13.8 Å². The molecule has 0 bridgehead atoms. The fraction of sp³-hybridized carbons (Fsp3) is 0.190. The molecular formula is C21H18N4O5S2. The molecule has 2 aliphatic rings. The SMILES string of the molecule is COC(=O)C1=NN(c2ccccc2[N+](=O)[O-])[C@@]2(S1)SC(C(C)=O)=C(C)N2c1ccccc1. The van der Waals surface area contributed by atoms with E-state index in [9.17, 15) is 19.7 Å². The highest BCUT2D eigenvalue weighted by atomic mass is 32.2. The van der Waals surface area contributed by atoms with Crippen molar-refractivity contribution in [2.45, 2.75) is 18.2 Å². The molecule has 164 valence electrons. The minimum absolute atomic E-state index is 0.0247. The number of nitro benzene ring substituents is 1. The van der Waals surface area contributed by atoms with Crippen LogP contribution in [0.25, 0.3) is 0 Å². The van der Waals surface area contributed by atoms with Crippen LogP contribution in [-0.4, -0.2) is 33.2 Å². The lowest BCUT2D eigenvalue weighted by molar-refractivity contribution is -0.384. The Balaban J connectivity index is 1.97. The van der Waals surface area contributed by atoms with Gasteiger partial charge in [0.1, 0.15) is 5.69 Å². The molecule has 0 saturated heterocycles. The Morgan fingerprint density at radius 3 is 2.38 bits per heavy atom. The molecule has 11 heteroatoms. The number of carbonyl (C=O) groups excluding carboxylic acids is 2. The molecule has 9 nitrogen and oxygen atoms in total. The van der Waals surface area contributed by atoms with Gasteiger partial charge in [-0.05, 0) is 43.8 Å². The van der Waals surface area contributed by atoms with Crippen molar-refractivity contribution in [2.75, 3.05) is 17.0 Å². The fourth-order valence-electron chi connectivity index (χ4n) is 3.55. The quantitative estimate of drug-likeness (QED) is 0.359. The maximum atomic E-state index is 12.5. The predicted molar refractivity (Wildman–Crippen MR) is 125 cm³/mol. The molecule has 0 aliphatic carbocycles. The monoisotopic (exact) mass is 470 g/mol. The maximum absolute atomic E-state index is 12.5. The molecule has 0 unspecified atom stereocenters. The minimum atomic E-state index is -1.22. The van der Waals surface area contributed by atoms with Crippen LogP contribution in [0.4, 0.5) is 17.1 Å². The van der Waals surface area contributed by atoms with Crippen molar-refractivity contribution in [3.63, 3.8) is 0 Å². The van der Waals surface area contributed by atoms with Crippen LogP contribution >= 0.6 is 23.5 Å². The average molecular weight is 471 g/mol. The van der Waals surface area contributed by atoms with Crippen molar-refractivity contribution in [3.05, 3.63) is 75.3 Å². The summed E-state index contributed by atoms with van der Waals surface area (Å²) in [4.78, 5) is 38.6. The summed E-state index contributed by atoms with van der Waals surface area (Å²) in [5, 5.41) is 17.7. The van der Waals surface area contributed by atoms with Crippen LogP contribution in [0.3, 0.4) is 0 Å². The summed E-state index contributed by atoms with van der Waals surface area (Å²) in [5.74, 6) is -0.821. The first-order valence-corrected chi connectivity index (χ1v) is 11.1. The first kappa shape index (κ1) is 21.9. The molecular weight excluding hydrogens is 452 g/mol. The third-order valence-corrected chi connectivity index (χ3v) is 7.84. The van der Waals surface area contributed by atoms with Crippen molar-refractivity contribution in [1.29, 1.82) is 0 Å². The first-order chi connectivity index (χ1) is 15.3. The Labute approximate surface area is 192 Å². The summed E-state index contributed by atoms with van der Waals surface area (Å²) in [5.41, 5.74) is 1.41. The van der Waals surface area contributed by atoms with Gasteiger partial charge in [-0.25, -0.2) is 9.80 Å². The van der Waals surface area contributed by atoms with Crippen molar-refractivity contribution in [2.24, 2.45) is 5.10 Å². The summed E-state index contributed by atoms with van der Waals surface area (Å²) in [7, 11) is 1.24. The molecule has 32 heavy (non-hydrogen) atoms. The number of carbonyl (C=O) groups is 2. The van der Waals surface area contributed by atoms with Crippen LogP contribution in [0, 0.1) is 10.1 Å². The second-order valence-electron chi connectivity index (χ2n) is 6.85. The topological polar surface area (TPSA) is 105 Å². The number of hydrazone groups is 1. The van der Waals surface area contributed by atoms with E-state index < -0.39 is 15.2 Å². The zero-order valence-corrected chi connectivity index (χ0v) is 19.0. The minimum Gasteiger partial charge on any atom is -0.464 e. The molecule has 1 spiro atoms. The number of anilines is 2. The van der Waals surface area contributed by atoms with Gasteiger partial charge in [0.05, 0.1) is 16.9 Å². The van der Waals surface area contributed by atoms with Crippen molar-refractivity contribution in [1.82, 2.24) is 0 Å². The normalized spacial score (nSPS) is 20.0. The number of thioether (sulfide) groups is 2. The van der Waals surface area contributed by atoms with Crippen LogP contribution in [0.15, 0.2) is 70.3 Å². The van der Waals surface area contributed by atoms with E-state index in [2.05, 4.69) is 5.10 Å². The highest BCUT2D eigenvalue weighted by molar-refractivity contribution is 8.29. The molecule has 2 aliphatic heterocycles. The van der Waals surface area contributed by atoms with Crippen molar-refractivity contribution < 1.29 is 19.2 Å². The molecule has 2 heterocycles. The molecule has 0 N–H and O–H groups in total. The molecule has 0 aromatic heterocycles. The van der Waals surface area contributed by atoms with E-state index in [0.717, 1.165) is 17.4 Å². The second-order valence-corrected chi connectivity index (χ2v) is 9.45. The number of benzene rings is 2. The largest absolute Gasteiger partial charge is 0.464 e. The number of rotatable bonds is 5. The van der Waals surface area contributed by atoms with Gasteiger partial charge >= 0.3 is 5.97 Å². The number of nitro groups is 1. The lowest BCUT2D eigenvalue weighted by Gasteiger charge is -2.41. The first-order valence-electron chi connectivity index (χ1n) is 9.46. The van der Waals surface area contributed by atoms with Gasteiger partial charge in [0.2, 0.25) is 9.37 Å². The van der Waals surface area contributed by atoms with Crippen LogP contribution in [-0.2, 0) is 14.3 Å². The maximum Gasteiger partial charge on any atom is 0.365 e. The lowest BCUT2D eigenvalue weighted by Crippen LogP contribution is -2.49. The van der Waals surface area contributed by atoms with Gasteiger partial charge < -0.3 is 9.64 Å². The number of ketones is 1. The third kappa shape index (κ3) is 3.43. The number of allylic oxidation sites excluding steroid dienone is 2. The van der Waals surface area contributed by atoms with E-state index in [0.29, 0.717) is 10.6 Å². The smallest absolute Gasteiger partial charge is 0.365 e. The highest BCUT2D eigenvalue weighted by Crippen LogP contribution is 2.60. The molecule has 0 amide bonds. The van der Waals surface area contributed by atoms with Gasteiger partial charge in [-0.3, -0.25) is 14.9 Å². The van der Waals surface area contributed by atoms with Crippen molar-refractivity contribution >= 4 is 57.4 Å². The summed E-state index contributed by atoms with van der Waals surface area (Å²) < 4.78 is 3.66. The van der Waals surface area contributed by atoms with E-state index in [4.69, 9.17) is 4.74 Å². The van der Waals surface area contributed by atoms with Gasteiger partial charge in [-0.1, -0.05) is 42.1 Å². The number of hydrogen-bond donors (Lipinski definition) is 0.